The largest absolute Gasteiger partial charge is 0.466 e. The molecule has 1 aliphatic heterocycles. The summed E-state index contributed by atoms with van der Waals surface area (Å²) < 4.78 is 5.10. The number of likely N-dealkylation sites (tertiary alicyclic amines) is 1. The Labute approximate surface area is 173 Å². The lowest BCUT2D eigenvalue weighted by atomic mass is 9.97. The summed E-state index contributed by atoms with van der Waals surface area (Å²) in [5.41, 5.74) is 1.40. The average Bonchev–Trinajstić information content (AvgIpc) is 3.11. The van der Waals surface area contributed by atoms with Gasteiger partial charge in [0.2, 0.25) is 5.91 Å². The van der Waals surface area contributed by atoms with Crippen molar-refractivity contribution < 1.29 is 14.3 Å². The van der Waals surface area contributed by atoms with Gasteiger partial charge in [0, 0.05) is 23.4 Å². The fourth-order valence-corrected chi connectivity index (χ4v) is 6.24. The van der Waals surface area contributed by atoms with E-state index < -0.39 is 0 Å². The molecule has 1 saturated heterocycles. The molecule has 1 aliphatic carbocycles. The summed E-state index contributed by atoms with van der Waals surface area (Å²) >= 11 is 3.30. The van der Waals surface area contributed by atoms with Crippen LogP contribution in [0.5, 0.6) is 0 Å². The van der Waals surface area contributed by atoms with Crippen molar-refractivity contribution in [2.45, 2.75) is 50.5 Å². The van der Waals surface area contributed by atoms with Crippen LogP contribution in [-0.4, -0.2) is 52.2 Å². The van der Waals surface area contributed by atoms with Gasteiger partial charge in [-0.2, -0.15) is 0 Å². The lowest BCUT2D eigenvalue weighted by Crippen LogP contribution is -2.41. The summed E-state index contributed by atoms with van der Waals surface area (Å²) in [6, 6.07) is 0. The number of esters is 1. The van der Waals surface area contributed by atoms with E-state index in [1.807, 2.05) is 11.8 Å². The van der Waals surface area contributed by atoms with Gasteiger partial charge in [-0.1, -0.05) is 11.8 Å². The maximum atomic E-state index is 12.7. The van der Waals surface area contributed by atoms with Gasteiger partial charge in [0.25, 0.3) is 0 Å². The quantitative estimate of drug-likeness (QED) is 0.420. The first-order chi connectivity index (χ1) is 13.7. The lowest BCUT2D eigenvalue weighted by molar-refractivity contribution is -0.151. The van der Waals surface area contributed by atoms with Crippen LogP contribution in [0.15, 0.2) is 11.4 Å². The Morgan fingerprint density at radius 3 is 2.82 bits per heavy atom. The number of ether oxygens (including phenoxy) is 1. The minimum absolute atomic E-state index is 0.0736. The minimum atomic E-state index is -0.130. The number of nitrogens with zero attached hydrogens (tertiary/aromatic N) is 3. The van der Waals surface area contributed by atoms with Gasteiger partial charge >= 0.3 is 5.97 Å². The second-order valence-electron chi connectivity index (χ2n) is 7.27. The van der Waals surface area contributed by atoms with Gasteiger partial charge in [-0.25, -0.2) is 9.97 Å². The highest BCUT2D eigenvalue weighted by Gasteiger charge is 2.28. The molecule has 2 aromatic rings. The van der Waals surface area contributed by atoms with Gasteiger partial charge in [-0.15, -0.1) is 11.3 Å². The molecule has 0 bridgehead atoms. The SMILES string of the molecule is CCOC(=O)C1CCN(C(=O)CSc2ncnc3sc4c(c23)CCCC4)CC1. The number of thioether (sulfide) groups is 1. The molecule has 0 spiro atoms. The number of rotatable bonds is 5. The summed E-state index contributed by atoms with van der Waals surface area (Å²) in [5.74, 6) is 0.286. The molecular formula is C20H25N3O3S2. The number of carbonyl (C=O) groups is 2. The molecule has 0 N–H and O–H groups in total. The molecule has 1 fully saturated rings. The molecule has 150 valence electrons. The smallest absolute Gasteiger partial charge is 0.309 e. The molecule has 0 atom stereocenters. The van der Waals surface area contributed by atoms with Crippen molar-refractivity contribution >= 4 is 45.2 Å². The van der Waals surface area contributed by atoms with Crippen LogP contribution >= 0.6 is 23.1 Å². The molecule has 0 unspecified atom stereocenters. The number of amides is 1. The van der Waals surface area contributed by atoms with E-state index in [2.05, 4.69) is 9.97 Å². The summed E-state index contributed by atoms with van der Waals surface area (Å²) in [7, 11) is 0. The van der Waals surface area contributed by atoms with E-state index in [0.29, 0.717) is 38.3 Å². The summed E-state index contributed by atoms with van der Waals surface area (Å²) in [6.07, 6.45) is 7.67. The fraction of sp³-hybridized carbons (Fsp3) is 0.600. The van der Waals surface area contributed by atoms with Gasteiger partial charge in [-0.05, 0) is 51.0 Å². The predicted molar refractivity (Wildman–Crippen MR) is 111 cm³/mol. The lowest BCUT2D eigenvalue weighted by Gasteiger charge is -2.30. The normalized spacial score (nSPS) is 17.5. The zero-order valence-corrected chi connectivity index (χ0v) is 17.7. The molecule has 28 heavy (non-hydrogen) atoms. The van der Waals surface area contributed by atoms with Crippen LogP contribution in [0, 0.1) is 5.92 Å². The highest BCUT2D eigenvalue weighted by Crippen LogP contribution is 2.39. The number of aromatic nitrogens is 2. The Hall–Kier alpha value is -1.67. The van der Waals surface area contributed by atoms with Crippen LogP contribution in [0.4, 0.5) is 0 Å². The Balaban J connectivity index is 1.38. The van der Waals surface area contributed by atoms with Crippen LogP contribution in [0.2, 0.25) is 0 Å². The van der Waals surface area contributed by atoms with Crippen molar-refractivity contribution in [3.63, 3.8) is 0 Å². The van der Waals surface area contributed by atoms with Crippen LogP contribution in [0.25, 0.3) is 10.2 Å². The molecule has 2 aromatic heterocycles. The minimum Gasteiger partial charge on any atom is -0.466 e. The number of carbonyl (C=O) groups excluding carboxylic acids is 2. The van der Waals surface area contributed by atoms with Gasteiger partial charge < -0.3 is 9.64 Å². The van der Waals surface area contributed by atoms with Gasteiger partial charge in [0.15, 0.2) is 0 Å². The molecular weight excluding hydrogens is 394 g/mol. The summed E-state index contributed by atoms with van der Waals surface area (Å²) in [6.45, 7) is 3.47. The Morgan fingerprint density at radius 1 is 1.25 bits per heavy atom. The number of hydrogen-bond donors (Lipinski definition) is 0. The highest BCUT2D eigenvalue weighted by atomic mass is 32.2. The molecule has 0 aromatic carbocycles. The van der Waals surface area contributed by atoms with Crippen LogP contribution in [0.1, 0.15) is 43.0 Å². The van der Waals surface area contributed by atoms with Crippen molar-refractivity contribution in [1.29, 1.82) is 0 Å². The van der Waals surface area contributed by atoms with E-state index in [4.69, 9.17) is 4.74 Å². The highest BCUT2D eigenvalue weighted by molar-refractivity contribution is 8.00. The molecule has 2 aliphatic rings. The second-order valence-corrected chi connectivity index (χ2v) is 9.31. The first-order valence-corrected chi connectivity index (χ1v) is 11.8. The summed E-state index contributed by atoms with van der Waals surface area (Å²) in [4.78, 5) is 37.8. The summed E-state index contributed by atoms with van der Waals surface area (Å²) in [5, 5.41) is 2.10. The number of aryl methyl sites for hydroxylation is 2. The van der Waals surface area contributed by atoms with E-state index >= 15 is 0 Å². The molecule has 3 heterocycles. The van der Waals surface area contributed by atoms with E-state index in [1.165, 1.54) is 40.4 Å². The van der Waals surface area contributed by atoms with E-state index in [1.54, 1.807) is 17.7 Å². The second kappa shape index (κ2) is 8.78. The van der Waals surface area contributed by atoms with Crippen molar-refractivity contribution in [3.8, 4) is 0 Å². The maximum Gasteiger partial charge on any atom is 0.309 e. The van der Waals surface area contributed by atoms with Crippen LogP contribution < -0.4 is 0 Å². The molecule has 0 saturated carbocycles. The van der Waals surface area contributed by atoms with E-state index in [-0.39, 0.29) is 17.8 Å². The standard InChI is InChI=1S/C20H25N3O3S2/c1-2-26-20(25)13-7-9-23(10-8-13)16(24)11-27-18-17-14-5-3-4-6-15(14)28-19(17)22-12-21-18/h12-13H,2-11H2,1H3. The molecule has 8 heteroatoms. The third-order valence-electron chi connectivity index (χ3n) is 5.52. The zero-order chi connectivity index (χ0) is 19.5. The fourth-order valence-electron chi connectivity index (χ4n) is 4.02. The van der Waals surface area contributed by atoms with E-state index in [9.17, 15) is 9.59 Å². The molecule has 1 amide bonds. The first-order valence-electron chi connectivity index (χ1n) is 9.99. The van der Waals surface area contributed by atoms with Gasteiger partial charge in [0.05, 0.1) is 18.3 Å². The first kappa shape index (κ1) is 19.6. The number of thiophene rings is 1. The average molecular weight is 420 g/mol. The Morgan fingerprint density at radius 2 is 2.04 bits per heavy atom. The van der Waals surface area contributed by atoms with Crippen molar-refractivity contribution in [3.05, 3.63) is 16.8 Å². The van der Waals surface area contributed by atoms with Crippen LogP contribution in [-0.2, 0) is 27.2 Å². The maximum absolute atomic E-state index is 12.7. The van der Waals surface area contributed by atoms with Gasteiger partial charge in [0.1, 0.15) is 16.2 Å². The van der Waals surface area contributed by atoms with Crippen molar-refractivity contribution in [2.75, 3.05) is 25.4 Å². The number of hydrogen-bond acceptors (Lipinski definition) is 7. The molecule has 6 nitrogen and oxygen atoms in total. The number of fused-ring (bicyclic) bond motifs is 3. The van der Waals surface area contributed by atoms with Crippen LogP contribution in [0.3, 0.4) is 0 Å². The zero-order valence-electron chi connectivity index (χ0n) is 16.1. The number of piperidine rings is 1. The topological polar surface area (TPSA) is 72.4 Å². The Kier molecular flexibility index (Phi) is 6.16. The Bertz CT molecular complexity index is 875. The predicted octanol–water partition coefficient (Wildman–Crippen LogP) is 3.46. The van der Waals surface area contributed by atoms with E-state index in [0.717, 1.165) is 22.7 Å². The van der Waals surface area contributed by atoms with Crippen molar-refractivity contribution in [2.24, 2.45) is 5.92 Å². The van der Waals surface area contributed by atoms with Crippen molar-refractivity contribution in [1.82, 2.24) is 14.9 Å². The third kappa shape index (κ3) is 4.03. The molecule has 0 radical (unpaired) electrons. The van der Waals surface area contributed by atoms with Gasteiger partial charge in [-0.3, -0.25) is 9.59 Å². The third-order valence-corrected chi connectivity index (χ3v) is 7.69. The monoisotopic (exact) mass is 419 g/mol. The molecule has 4 rings (SSSR count).